The average Bonchev–Trinajstić information content (AvgIpc) is 2.37. The van der Waals surface area contributed by atoms with Gasteiger partial charge in [0.25, 0.3) is 0 Å². The topological polar surface area (TPSA) is 37.8 Å². The van der Waals surface area contributed by atoms with Gasteiger partial charge >= 0.3 is 0 Å². The SMILES string of the molecule is CC(C)NCc1ncc(-c2cccc(F)c2)cn1. The van der Waals surface area contributed by atoms with Gasteiger partial charge in [0.2, 0.25) is 0 Å². The second-order valence-corrected chi connectivity index (χ2v) is 4.43. The number of rotatable bonds is 4. The third-order valence-corrected chi connectivity index (χ3v) is 2.53. The van der Waals surface area contributed by atoms with Crippen LogP contribution in [0.1, 0.15) is 19.7 Å². The van der Waals surface area contributed by atoms with E-state index in [0.717, 1.165) is 17.0 Å². The molecule has 2 aromatic rings. The van der Waals surface area contributed by atoms with Crippen LogP contribution in [0, 0.1) is 5.82 Å². The van der Waals surface area contributed by atoms with Crippen LogP contribution in [0.2, 0.25) is 0 Å². The van der Waals surface area contributed by atoms with E-state index in [0.29, 0.717) is 12.6 Å². The number of nitrogens with one attached hydrogen (secondary N) is 1. The molecule has 18 heavy (non-hydrogen) atoms. The van der Waals surface area contributed by atoms with Crippen LogP contribution >= 0.6 is 0 Å². The van der Waals surface area contributed by atoms with Crippen molar-refractivity contribution in [3.8, 4) is 11.1 Å². The summed E-state index contributed by atoms with van der Waals surface area (Å²) in [5, 5.41) is 3.25. The number of halogens is 1. The lowest BCUT2D eigenvalue weighted by atomic mass is 10.1. The number of hydrogen-bond acceptors (Lipinski definition) is 3. The summed E-state index contributed by atoms with van der Waals surface area (Å²) in [5.41, 5.74) is 1.61. The van der Waals surface area contributed by atoms with Crippen molar-refractivity contribution in [2.24, 2.45) is 0 Å². The van der Waals surface area contributed by atoms with Gasteiger partial charge in [-0.25, -0.2) is 14.4 Å². The third kappa shape index (κ3) is 3.34. The van der Waals surface area contributed by atoms with E-state index in [1.165, 1.54) is 12.1 Å². The van der Waals surface area contributed by atoms with Gasteiger partial charge < -0.3 is 5.32 Å². The summed E-state index contributed by atoms with van der Waals surface area (Å²) >= 11 is 0. The molecule has 0 spiro atoms. The summed E-state index contributed by atoms with van der Waals surface area (Å²) in [6.45, 7) is 4.78. The van der Waals surface area contributed by atoms with E-state index in [1.807, 2.05) is 6.07 Å². The zero-order chi connectivity index (χ0) is 13.0. The zero-order valence-corrected chi connectivity index (χ0v) is 10.5. The molecule has 0 amide bonds. The molecule has 2 rings (SSSR count). The van der Waals surface area contributed by atoms with Crippen molar-refractivity contribution >= 4 is 0 Å². The maximum Gasteiger partial charge on any atom is 0.141 e. The fourth-order valence-corrected chi connectivity index (χ4v) is 1.56. The number of hydrogen-bond donors (Lipinski definition) is 1. The first kappa shape index (κ1) is 12.6. The predicted molar refractivity (Wildman–Crippen MR) is 69.4 cm³/mol. The maximum absolute atomic E-state index is 13.1. The molecule has 1 aromatic carbocycles. The van der Waals surface area contributed by atoms with Gasteiger partial charge in [-0.2, -0.15) is 0 Å². The van der Waals surface area contributed by atoms with Crippen molar-refractivity contribution in [2.45, 2.75) is 26.4 Å². The molecule has 4 heteroatoms. The molecule has 0 aliphatic rings. The van der Waals surface area contributed by atoms with E-state index in [9.17, 15) is 4.39 Å². The normalized spacial score (nSPS) is 10.9. The molecule has 0 aliphatic carbocycles. The van der Waals surface area contributed by atoms with Gasteiger partial charge in [0.15, 0.2) is 0 Å². The van der Waals surface area contributed by atoms with Gasteiger partial charge in [0.05, 0.1) is 6.54 Å². The first-order chi connectivity index (χ1) is 8.65. The summed E-state index contributed by atoms with van der Waals surface area (Å²) in [5.74, 6) is 0.488. The van der Waals surface area contributed by atoms with Gasteiger partial charge in [-0.05, 0) is 17.7 Å². The number of nitrogens with zero attached hydrogens (tertiary/aromatic N) is 2. The molecular formula is C14H16FN3. The Labute approximate surface area is 106 Å². The Kier molecular flexibility index (Phi) is 3.99. The first-order valence-corrected chi connectivity index (χ1v) is 5.95. The van der Waals surface area contributed by atoms with Crippen LogP contribution in [0.25, 0.3) is 11.1 Å². The van der Waals surface area contributed by atoms with E-state index in [4.69, 9.17) is 0 Å². The highest BCUT2D eigenvalue weighted by Crippen LogP contribution is 2.18. The molecule has 1 N–H and O–H groups in total. The molecule has 0 fully saturated rings. The summed E-state index contributed by atoms with van der Waals surface area (Å²) in [6.07, 6.45) is 3.44. The van der Waals surface area contributed by atoms with Crippen molar-refractivity contribution < 1.29 is 4.39 Å². The van der Waals surface area contributed by atoms with E-state index in [2.05, 4.69) is 29.1 Å². The molecule has 0 saturated carbocycles. The largest absolute Gasteiger partial charge is 0.308 e. The molecule has 0 atom stereocenters. The molecule has 1 aromatic heterocycles. The van der Waals surface area contributed by atoms with Gasteiger partial charge in [-0.15, -0.1) is 0 Å². The van der Waals surface area contributed by atoms with Crippen LogP contribution < -0.4 is 5.32 Å². The maximum atomic E-state index is 13.1. The van der Waals surface area contributed by atoms with Crippen LogP contribution in [0.3, 0.4) is 0 Å². The van der Waals surface area contributed by atoms with E-state index < -0.39 is 0 Å². The van der Waals surface area contributed by atoms with E-state index in [-0.39, 0.29) is 5.82 Å². The molecular weight excluding hydrogens is 229 g/mol. The van der Waals surface area contributed by atoms with Crippen molar-refractivity contribution in [1.82, 2.24) is 15.3 Å². The van der Waals surface area contributed by atoms with Gasteiger partial charge in [0, 0.05) is 24.0 Å². The molecule has 0 bridgehead atoms. The van der Waals surface area contributed by atoms with Crippen molar-refractivity contribution in [3.63, 3.8) is 0 Å². The summed E-state index contributed by atoms with van der Waals surface area (Å²) in [6, 6.07) is 6.82. The van der Waals surface area contributed by atoms with Gasteiger partial charge in [-0.3, -0.25) is 0 Å². The van der Waals surface area contributed by atoms with Gasteiger partial charge in [-0.1, -0.05) is 26.0 Å². The Morgan fingerprint density at radius 2 is 1.89 bits per heavy atom. The lowest BCUT2D eigenvalue weighted by Gasteiger charge is -2.07. The second kappa shape index (κ2) is 5.69. The summed E-state index contributed by atoms with van der Waals surface area (Å²) in [7, 11) is 0. The predicted octanol–water partition coefficient (Wildman–Crippen LogP) is 2.78. The summed E-state index contributed by atoms with van der Waals surface area (Å²) < 4.78 is 13.1. The highest BCUT2D eigenvalue weighted by atomic mass is 19.1. The molecule has 0 radical (unpaired) electrons. The highest BCUT2D eigenvalue weighted by Gasteiger charge is 2.02. The first-order valence-electron chi connectivity index (χ1n) is 5.95. The Hall–Kier alpha value is -1.81. The standard InChI is InChI=1S/C14H16FN3/c1-10(2)16-9-14-17-7-12(8-18-14)11-4-3-5-13(15)6-11/h3-8,10,16H,9H2,1-2H3. The lowest BCUT2D eigenvalue weighted by molar-refractivity contribution is 0.572. The van der Waals surface area contributed by atoms with Crippen LogP contribution in [0.4, 0.5) is 4.39 Å². The summed E-state index contributed by atoms with van der Waals surface area (Å²) in [4.78, 5) is 8.52. The Balaban J connectivity index is 2.12. The van der Waals surface area contributed by atoms with Crippen LogP contribution in [-0.4, -0.2) is 16.0 Å². The smallest absolute Gasteiger partial charge is 0.141 e. The number of aromatic nitrogens is 2. The van der Waals surface area contributed by atoms with Crippen LogP contribution in [-0.2, 0) is 6.54 Å². The minimum absolute atomic E-state index is 0.252. The minimum Gasteiger partial charge on any atom is -0.308 e. The second-order valence-electron chi connectivity index (χ2n) is 4.43. The fourth-order valence-electron chi connectivity index (χ4n) is 1.56. The Morgan fingerprint density at radius 3 is 2.50 bits per heavy atom. The molecule has 0 aliphatic heterocycles. The van der Waals surface area contributed by atoms with E-state index >= 15 is 0 Å². The number of benzene rings is 1. The molecule has 0 saturated heterocycles. The molecule has 0 unspecified atom stereocenters. The van der Waals surface area contributed by atoms with Crippen molar-refractivity contribution in [1.29, 1.82) is 0 Å². The lowest BCUT2D eigenvalue weighted by Crippen LogP contribution is -2.23. The molecule has 94 valence electrons. The Morgan fingerprint density at radius 1 is 1.17 bits per heavy atom. The van der Waals surface area contributed by atoms with Crippen LogP contribution in [0.15, 0.2) is 36.7 Å². The third-order valence-electron chi connectivity index (χ3n) is 2.53. The van der Waals surface area contributed by atoms with Crippen molar-refractivity contribution in [3.05, 3.63) is 48.3 Å². The Bertz CT molecular complexity index is 509. The average molecular weight is 245 g/mol. The highest BCUT2D eigenvalue weighted by molar-refractivity contribution is 5.61. The quantitative estimate of drug-likeness (QED) is 0.900. The van der Waals surface area contributed by atoms with Gasteiger partial charge in [0.1, 0.15) is 11.6 Å². The molecule has 1 heterocycles. The fraction of sp³-hybridized carbons (Fsp3) is 0.286. The zero-order valence-electron chi connectivity index (χ0n) is 10.5. The van der Waals surface area contributed by atoms with E-state index in [1.54, 1.807) is 18.5 Å². The van der Waals surface area contributed by atoms with Crippen LogP contribution in [0.5, 0.6) is 0 Å². The molecule has 3 nitrogen and oxygen atoms in total. The monoisotopic (exact) mass is 245 g/mol. The van der Waals surface area contributed by atoms with Crippen molar-refractivity contribution in [2.75, 3.05) is 0 Å². The minimum atomic E-state index is -0.252.